The first-order valence-electron chi connectivity index (χ1n) is 10.4. The number of aromatic nitrogens is 3. The van der Waals surface area contributed by atoms with E-state index in [0.717, 1.165) is 62.5 Å². The zero-order valence-electron chi connectivity index (χ0n) is 17.5. The molecular formula is C21H30N6O2. The SMILES string of the molecule is Cc1ccc(C(=O)NC[C@H]2CCn3ncc(C(=O)N4CCN(C)CC4)c3C2)n1C. The molecule has 2 aliphatic heterocycles. The molecule has 4 rings (SSSR count). The van der Waals surface area contributed by atoms with Crippen LogP contribution < -0.4 is 5.32 Å². The molecule has 2 aromatic rings. The molecule has 156 valence electrons. The largest absolute Gasteiger partial charge is 0.350 e. The fourth-order valence-corrected chi connectivity index (χ4v) is 4.20. The molecule has 0 aromatic carbocycles. The van der Waals surface area contributed by atoms with Crippen LogP contribution in [0.5, 0.6) is 0 Å². The fraction of sp³-hybridized carbons (Fsp3) is 0.571. The Kier molecular flexibility index (Phi) is 5.45. The van der Waals surface area contributed by atoms with Crippen molar-refractivity contribution in [2.75, 3.05) is 39.8 Å². The second-order valence-electron chi connectivity index (χ2n) is 8.31. The highest BCUT2D eigenvalue weighted by Gasteiger charge is 2.29. The predicted octanol–water partition coefficient (Wildman–Crippen LogP) is 0.910. The van der Waals surface area contributed by atoms with E-state index in [1.807, 2.05) is 40.3 Å². The Morgan fingerprint density at radius 2 is 1.90 bits per heavy atom. The van der Waals surface area contributed by atoms with Crippen LogP contribution in [0, 0.1) is 12.8 Å². The highest BCUT2D eigenvalue weighted by molar-refractivity contribution is 5.95. The fourth-order valence-electron chi connectivity index (χ4n) is 4.20. The number of likely N-dealkylation sites (N-methyl/N-ethyl adjacent to an activating group) is 1. The van der Waals surface area contributed by atoms with Gasteiger partial charge in [0.05, 0.1) is 17.5 Å². The van der Waals surface area contributed by atoms with E-state index >= 15 is 0 Å². The number of hydrogen-bond acceptors (Lipinski definition) is 4. The summed E-state index contributed by atoms with van der Waals surface area (Å²) in [5.41, 5.74) is 3.47. The monoisotopic (exact) mass is 398 g/mol. The summed E-state index contributed by atoms with van der Waals surface area (Å²) in [6.07, 6.45) is 3.44. The average molecular weight is 399 g/mol. The smallest absolute Gasteiger partial charge is 0.267 e. The summed E-state index contributed by atoms with van der Waals surface area (Å²) in [4.78, 5) is 29.7. The topological polar surface area (TPSA) is 75.4 Å². The first kappa shape index (κ1) is 19.7. The Morgan fingerprint density at radius 1 is 1.14 bits per heavy atom. The Morgan fingerprint density at radius 3 is 2.59 bits per heavy atom. The van der Waals surface area contributed by atoms with E-state index < -0.39 is 0 Å². The number of amides is 2. The number of nitrogens with zero attached hydrogens (tertiary/aromatic N) is 5. The van der Waals surface area contributed by atoms with Gasteiger partial charge in [-0.1, -0.05) is 0 Å². The van der Waals surface area contributed by atoms with Gasteiger partial charge in [0.1, 0.15) is 5.69 Å². The molecule has 1 N–H and O–H groups in total. The van der Waals surface area contributed by atoms with Crippen molar-refractivity contribution in [1.82, 2.24) is 29.5 Å². The van der Waals surface area contributed by atoms with Gasteiger partial charge in [0.2, 0.25) is 0 Å². The van der Waals surface area contributed by atoms with Crippen LogP contribution in [0.1, 0.15) is 38.7 Å². The van der Waals surface area contributed by atoms with Crippen LogP contribution >= 0.6 is 0 Å². The Hall–Kier alpha value is -2.61. The maximum absolute atomic E-state index is 13.0. The van der Waals surface area contributed by atoms with Gasteiger partial charge in [-0.25, -0.2) is 0 Å². The molecule has 1 saturated heterocycles. The van der Waals surface area contributed by atoms with E-state index in [2.05, 4.69) is 22.4 Å². The van der Waals surface area contributed by atoms with Crippen LogP contribution in [0.4, 0.5) is 0 Å². The third-order valence-corrected chi connectivity index (χ3v) is 6.36. The van der Waals surface area contributed by atoms with Gasteiger partial charge < -0.3 is 19.7 Å². The molecule has 8 nitrogen and oxygen atoms in total. The Balaban J connectivity index is 1.39. The third-order valence-electron chi connectivity index (χ3n) is 6.36. The first-order chi connectivity index (χ1) is 13.9. The third kappa shape index (κ3) is 3.94. The van der Waals surface area contributed by atoms with Gasteiger partial charge in [0.15, 0.2) is 0 Å². The molecule has 0 spiro atoms. The van der Waals surface area contributed by atoms with Crippen molar-refractivity contribution in [2.24, 2.45) is 13.0 Å². The molecule has 0 radical (unpaired) electrons. The molecule has 0 bridgehead atoms. The molecule has 1 fully saturated rings. The zero-order valence-corrected chi connectivity index (χ0v) is 17.5. The molecule has 0 saturated carbocycles. The minimum absolute atomic E-state index is 0.0478. The molecule has 0 aliphatic carbocycles. The van der Waals surface area contributed by atoms with Crippen LogP contribution in [-0.4, -0.2) is 75.7 Å². The lowest BCUT2D eigenvalue weighted by Gasteiger charge is -2.32. The van der Waals surface area contributed by atoms with Gasteiger partial charge in [-0.2, -0.15) is 5.10 Å². The van der Waals surface area contributed by atoms with Gasteiger partial charge in [-0.15, -0.1) is 0 Å². The van der Waals surface area contributed by atoms with E-state index in [1.165, 1.54) is 0 Å². The summed E-state index contributed by atoms with van der Waals surface area (Å²) in [5.74, 6) is 0.347. The van der Waals surface area contributed by atoms with Crippen LogP contribution in [-0.2, 0) is 20.0 Å². The first-order valence-corrected chi connectivity index (χ1v) is 10.4. The van der Waals surface area contributed by atoms with E-state index in [0.29, 0.717) is 18.2 Å². The normalized spacial score (nSPS) is 19.8. The maximum Gasteiger partial charge on any atom is 0.267 e. The standard InChI is InChI=1S/C21H30N6O2/c1-15-4-5-18(25(15)3)20(28)22-13-16-6-7-27-19(12-16)17(14-23-27)21(29)26-10-8-24(2)9-11-26/h4-5,14,16H,6-13H2,1-3H3,(H,22,28)/t16-/m0/s1. The summed E-state index contributed by atoms with van der Waals surface area (Å²) in [6.45, 7) is 6.71. The van der Waals surface area contributed by atoms with Gasteiger partial charge in [0, 0.05) is 52.0 Å². The van der Waals surface area contributed by atoms with Crippen molar-refractivity contribution in [3.8, 4) is 0 Å². The highest BCUT2D eigenvalue weighted by atomic mass is 16.2. The van der Waals surface area contributed by atoms with Crippen molar-refractivity contribution < 1.29 is 9.59 Å². The van der Waals surface area contributed by atoms with Crippen molar-refractivity contribution in [3.63, 3.8) is 0 Å². The number of piperazine rings is 1. The predicted molar refractivity (Wildman–Crippen MR) is 110 cm³/mol. The van der Waals surface area contributed by atoms with Crippen molar-refractivity contribution >= 4 is 11.8 Å². The number of fused-ring (bicyclic) bond motifs is 1. The average Bonchev–Trinajstić information content (AvgIpc) is 3.29. The van der Waals surface area contributed by atoms with Gasteiger partial charge in [-0.3, -0.25) is 14.3 Å². The molecule has 2 aromatic heterocycles. The lowest BCUT2D eigenvalue weighted by Crippen LogP contribution is -2.47. The van der Waals surface area contributed by atoms with Gasteiger partial charge >= 0.3 is 0 Å². The number of nitrogens with one attached hydrogen (secondary N) is 1. The van der Waals surface area contributed by atoms with Crippen LogP contribution in [0.3, 0.4) is 0 Å². The Labute approximate surface area is 171 Å². The van der Waals surface area contributed by atoms with E-state index in [-0.39, 0.29) is 11.8 Å². The number of carbonyl (C=O) groups is 2. The lowest BCUT2D eigenvalue weighted by molar-refractivity contribution is 0.0661. The highest BCUT2D eigenvalue weighted by Crippen LogP contribution is 2.24. The minimum Gasteiger partial charge on any atom is -0.350 e. The van der Waals surface area contributed by atoms with E-state index in [1.54, 1.807) is 6.20 Å². The number of aryl methyl sites for hydroxylation is 2. The zero-order chi connectivity index (χ0) is 20.5. The molecule has 4 heterocycles. The molecule has 29 heavy (non-hydrogen) atoms. The molecule has 0 unspecified atom stereocenters. The summed E-state index contributed by atoms with van der Waals surface area (Å²) in [6, 6.07) is 3.80. The summed E-state index contributed by atoms with van der Waals surface area (Å²) in [7, 11) is 3.99. The van der Waals surface area contributed by atoms with Crippen LogP contribution in [0.2, 0.25) is 0 Å². The Bertz CT molecular complexity index is 906. The molecule has 1 atom stereocenters. The van der Waals surface area contributed by atoms with Gasteiger partial charge in [0.25, 0.3) is 11.8 Å². The van der Waals surface area contributed by atoms with E-state index in [9.17, 15) is 9.59 Å². The summed E-state index contributed by atoms with van der Waals surface area (Å²) >= 11 is 0. The lowest BCUT2D eigenvalue weighted by atomic mass is 9.94. The molecule has 2 aliphatic rings. The van der Waals surface area contributed by atoms with Crippen molar-refractivity contribution in [1.29, 1.82) is 0 Å². The molecular weight excluding hydrogens is 368 g/mol. The van der Waals surface area contributed by atoms with Crippen LogP contribution in [0.15, 0.2) is 18.3 Å². The maximum atomic E-state index is 13.0. The number of carbonyl (C=O) groups excluding carboxylic acids is 2. The second kappa shape index (κ2) is 8.02. The number of rotatable bonds is 4. The van der Waals surface area contributed by atoms with E-state index in [4.69, 9.17) is 0 Å². The van der Waals surface area contributed by atoms with Gasteiger partial charge in [-0.05, 0) is 44.9 Å². The van der Waals surface area contributed by atoms with Crippen molar-refractivity contribution in [2.45, 2.75) is 26.3 Å². The summed E-state index contributed by atoms with van der Waals surface area (Å²) in [5, 5.41) is 7.52. The molecule has 8 heteroatoms. The van der Waals surface area contributed by atoms with Crippen molar-refractivity contribution in [3.05, 3.63) is 41.0 Å². The summed E-state index contributed by atoms with van der Waals surface area (Å²) < 4.78 is 3.86. The number of hydrogen-bond donors (Lipinski definition) is 1. The van der Waals surface area contributed by atoms with Crippen LogP contribution in [0.25, 0.3) is 0 Å². The molecule has 2 amide bonds. The quantitative estimate of drug-likeness (QED) is 0.831. The second-order valence-corrected chi connectivity index (χ2v) is 8.31. The minimum atomic E-state index is -0.0478.